The van der Waals surface area contributed by atoms with Crippen LogP contribution in [0.1, 0.15) is 13.8 Å². The molecule has 2 nitrogen and oxygen atoms in total. The Balaban J connectivity index is 0.00000256. The monoisotopic (exact) mass is 272 g/mol. The Hall–Kier alpha value is 0.311. The van der Waals surface area contributed by atoms with E-state index in [1.807, 2.05) is 0 Å². The second-order valence-electron chi connectivity index (χ2n) is 3.65. The van der Waals surface area contributed by atoms with Crippen LogP contribution in [0.4, 0.5) is 12.9 Å². The third-order valence-corrected chi connectivity index (χ3v) is 1.93. The van der Waals surface area contributed by atoms with E-state index in [0.29, 0.717) is 0 Å². The van der Waals surface area contributed by atoms with Gasteiger partial charge in [0.25, 0.3) is 0 Å². The second-order valence-corrected chi connectivity index (χ2v) is 3.65. The van der Waals surface area contributed by atoms with E-state index in [1.54, 1.807) is 13.8 Å². The van der Waals surface area contributed by atoms with Crippen molar-refractivity contribution in [2.75, 3.05) is 7.11 Å². The van der Waals surface area contributed by atoms with Crippen LogP contribution in [0.3, 0.4) is 0 Å². The fraction of sp³-hybridized carbons (Fsp3) is 0.400. The summed E-state index contributed by atoms with van der Waals surface area (Å²) in [5, 5.41) is 0. The molecule has 7 heteroatoms. The molecule has 0 saturated heterocycles. The Kier molecular flexibility index (Phi) is 7.17. The van der Waals surface area contributed by atoms with Crippen LogP contribution in [-0.4, -0.2) is 20.2 Å². The minimum absolute atomic E-state index is 0. The van der Waals surface area contributed by atoms with Gasteiger partial charge in [-0.2, -0.15) is 0 Å². The van der Waals surface area contributed by atoms with Crippen LogP contribution in [0.5, 0.6) is 11.5 Å². The average Bonchev–Trinajstić information content (AvgIpc) is 2.15. The smallest absolute Gasteiger partial charge is 0.497 e. The number of hydrogen-bond acceptors (Lipinski definition) is 2. The van der Waals surface area contributed by atoms with E-state index < -0.39 is 12.4 Å². The van der Waals surface area contributed by atoms with Gasteiger partial charge in [-0.25, -0.2) is 0 Å². The number of halogens is 3. The normalized spacial score (nSPS) is 11.0. The van der Waals surface area contributed by atoms with Crippen LogP contribution in [-0.2, 0) is 0 Å². The van der Waals surface area contributed by atoms with E-state index in [2.05, 4.69) is 0 Å². The molecule has 0 atom stereocenters. The van der Waals surface area contributed by atoms with Crippen molar-refractivity contribution < 1.29 is 73.8 Å². The van der Waals surface area contributed by atoms with Crippen LogP contribution in [0.2, 0.25) is 0 Å². The van der Waals surface area contributed by atoms with Crippen molar-refractivity contribution in [1.82, 2.24) is 0 Å². The van der Waals surface area contributed by atoms with Gasteiger partial charge in [-0.3, -0.25) is 0 Å². The summed E-state index contributed by atoms with van der Waals surface area (Å²) in [7, 11) is 1.32. The quantitative estimate of drug-likeness (QED) is 0.691. The van der Waals surface area contributed by atoms with Gasteiger partial charge in [0.1, 0.15) is 5.75 Å². The van der Waals surface area contributed by atoms with Gasteiger partial charge in [0.05, 0.1) is 19.0 Å². The van der Waals surface area contributed by atoms with Gasteiger partial charge in [-0.15, -0.1) is 0 Å². The summed E-state index contributed by atoms with van der Waals surface area (Å²) in [4.78, 5) is 0. The predicted octanol–water partition coefficient (Wildman–Crippen LogP) is -0.459. The summed E-state index contributed by atoms with van der Waals surface area (Å²) in [6.45, 7) is -1.74. The summed E-state index contributed by atoms with van der Waals surface area (Å²) in [5.41, 5.74) is -0.756. The Labute approximate surface area is 141 Å². The van der Waals surface area contributed by atoms with Gasteiger partial charge in [0.15, 0.2) is 0 Å². The molecule has 0 radical (unpaired) electrons. The molecule has 0 amide bonds. The van der Waals surface area contributed by atoms with E-state index in [1.165, 1.54) is 19.2 Å². The number of hydrogen-bond donors (Lipinski definition) is 0. The van der Waals surface area contributed by atoms with Gasteiger partial charge < -0.3 is 22.4 Å². The fourth-order valence-electron chi connectivity index (χ4n) is 1.27. The average molecular weight is 272 g/mol. The Bertz CT molecular complexity index is 369. The minimum Gasteiger partial charge on any atom is -0.497 e. The van der Waals surface area contributed by atoms with Crippen molar-refractivity contribution >= 4 is 12.4 Å². The maximum absolute atomic E-state index is 12.7. The minimum atomic E-state index is -5.10. The molecular weight excluding hydrogens is 259 g/mol. The molecule has 17 heavy (non-hydrogen) atoms. The third-order valence-electron chi connectivity index (χ3n) is 1.93. The molecule has 0 fully saturated rings. The van der Waals surface area contributed by atoms with Gasteiger partial charge in [0.2, 0.25) is 0 Å². The van der Waals surface area contributed by atoms with E-state index in [9.17, 15) is 12.9 Å². The van der Waals surface area contributed by atoms with E-state index in [4.69, 9.17) is 9.47 Å². The maximum Gasteiger partial charge on any atom is 1.00 e. The summed E-state index contributed by atoms with van der Waals surface area (Å²) >= 11 is 0. The van der Waals surface area contributed by atoms with Crippen molar-refractivity contribution in [2.24, 2.45) is 0 Å². The molecule has 0 unspecified atom stereocenters. The SMILES string of the molecule is COc1ccc(OC(C)C)c([B-](F)(F)F)c1.[K+]. The van der Waals surface area contributed by atoms with Crippen molar-refractivity contribution in [3.05, 3.63) is 18.2 Å². The summed E-state index contributed by atoms with van der Waals surface area (Å²) in [6, 6.07) is 3.68. The first-order valence-electron chi connectivity index (χ1n) is 4.89. The molecule has 0 saturated carbocycles. The molecule has 0 aliphatic heterocycles. The standard InChI is InChI=1S/C10H13BF3O2.K/c1-7(2)16-10-5-4-8(15-3)6-9(10)11(12,13)14;/h4-7H,1-3H3;/q-1;+1. The molecule has 0 aliphatic carbocycles. The number of rotatable bonds is 4. The third kappa shape index (κ3) is 5.21. The topological polar surface area (TPSA) is 18.5 Å². The van der Waals surface area contributed by atoms with Crippen molar-refractivity contribution in [3.63, 3.8) is 0 Å². The Morgan fingerprint density at radius 1 is 1.18 bits per heavy atom. The van der Waals surface area contributed by atoms with Crippen LogP contribution in [0, 0.1) is 0 Å². The zero-order valence-electron chi connectivity index (χ0n) is 10.3. The first kappa shape index (κ1) is 17.3. The van der Waals surface area contributed by atoms with Crippen LogP contribution >= 0.6 is 0 Å². The molecular formula is C10H13BF3KO2. The van der Waals surface area contributed by atoms with Crippen LogP contribution < -0.4 is 66.3 Å². The van der Waals surface area contributed by atoms with E-state index in [-0.39, 0.29) is 69.0 Å². The first-order valence-corrected chi connectivity index (χ1v) is 4.89. The fourth-order valence-corrected chi connectivity index (χ4v) is 1.27. The molecule has 0 N–H and O–H groups in total. The summed E-state index contributed by atoms with van der Waals surface area (Å²) in [5.74, 6) is 0.0219. The Morgan fingerprint density at radius 2 is 1.76 bits per heavy atom. The number of ether oxygens (including phenoxy) is 2. The van der Waals surface area contributed by atoms with Gasteiger partial charge >= 0.3 is 58.4 Å². The summed E-state index contributed by atoms with van der Waals surface area (Å²) < 4.78 is 48.1. The molecule has 0 aromatic heterocycles. The van der Waals surface area contributed by atoms with E-state index >= 15 is 0 Å². The molecule has 1 aromatic carbocycles. The Morgan fingerprint density at radius 3 is 2.18 bits per heavy atom. The van der Waals surface area contributed by atoms with Gasteiger partial charge in [-0.05, 0) is 32.0 Å². The summed E-state index contributed by atoms with van der Waals surface area (Å²) in [6.07, 6.45) is -0.301. The van der Waals surface area contributed by atoms with Crippen molar-refractivity contribution in [3.8, 4) is 11.5 Å². The molecule has 90 valence electrons. The van der Waals surface area contributed by atoms with Crippen LogP contribution in [0.25, 0.3) is 0 Å². The largest absolute Gasteiger partial charge is 1.00 e. The zero-order chi connectivity index (χ0) is 12.3. The molecule has 0 aliphatic rings. The zero-order valence-corrected chi connectivity index (χ0v) is 13.5. The van der Waals surface area contributed by atoms with Crippen molar-refractivity contribution in [1.29, 1.82) is 0 Å². The van der Waals surface area contributed by atoms with Gasteiger partial charge in [0, 0.05) is 0 Å². The van der Waals surface area contributed by atoms with Crippen LogP contribution in [0.15, 0.2) is 18.2 Å². The molecule has 0 heterocycles. The predicted molar refractivity (Wildman–Crippen MR) is 57.5 cm³/mol. The molecule has 1 aromatic rings. The molecule has 1 rings (SSSR count). The molecule has 0 spiro atoms. The van der Waals surface area contributed by atoms with Gasteiger partial charge in [-0.1, -0.05) is 5.46 Å². The first-order chi connectivity index (χ1) is 7.34. The molecule has 0 bridgehead atoms. The van der Waals surface area contributed by atoms with E-state index in [0.717, 1.165) is 6.07 Å². The van der Waals surface area contributed by atoms with Crippen molar-refractivity contribution in [2.45, 2.75) is 20.0 Å². The maximum atomic E-state index is 12.7. The number of methoxy groups -OCH3 is 1. The second kappa shape index (κ2) is 7.04. The number of benzene rings is 1.